The van der Waals surface area contributed by atoms with Crippen LogP contribution >= 0.6 is 11.3 Å². The summed E-state index contributed by atoms with van der Waals surface area (Å²) >= 11 is 1.42. The molecule has 5 heteroatoms. The molecular formula is C22H18N2O2S. The first-order chi connectivity index (χ1) is 13.2. The van der Waals surface area contributed by atoms with E-state index in [2.05, 4.69) is 24.2 Å². The molecule has 134 valence electrons. The molecule has 0 amide bonds. The summed E-state index contributed by atoms with van der Waals surface area (Å²) in [6.45, 7) is 2.05. The first-order valence-corrected chi connectivity index (χ1v) is 9.43. The van der Waals surface area contributed by atoms with Crippen LogP contribution in [0.1, 0.15) is 20.9 Å². The van der Waals surface area contributed by atoms with Crippen molar-refractivity contribution >= 4 is 17.1 Å². The minimum Gasteiger partial charge on any atom is -0.497 e. The number of thiophene rings is 1. The fourth-order valence-corrected chi connectivity index (χ4v) is 3.55. The van der Waals surface area contributed by atoms with Gasteiger partial charge in [0.05, 0.1) is 23.4 Å². The number of rotatable bonds is 5. The Morgan fingerprint density at radius 1 is 1.04 bits per heavy atom. The molecule has 4 aromatic rings. The molecule has 2 heterocycles. The molecule has 0 fully saturated rings. The van der Waals surface area contributed by atoms with E-state index in [1.165, 1.54) is 16.9 Å². The number of ketones is 1. The van der Waals surface area contributed by atoms with Crippen LogP contribution < -0.4 is 4.74 Å². The SMILES string of the molecule is COc1ccc(-n2nc(C(=O)c3cccs3)cc2-c2ccc(C)cc2)cc1. The molecule has 0 aliphatic rings. The van der Waals surface area contributed by atoms with Crippen molar-refractivity contribution in [3.05, 3.63) is 88.2 Å². The van der Waals surface area contributed by atoms with Crippen molar-refractivity contribution in [2.24, 2.45) is 0 Å². The maximum absolute atomic E-state index is 12.8. The van der Waals surface area contributed by atoms with E-state index >= 15 is 0 Å². The van der Waals surface area contributed by atoms with E-state index in [0.29, 0.717) is 10.6 Å². The molecule has 27 heavy (non-hydrogen) atoms. The first-order valence-electron chi connectivity index (χ1n) is 8.55. The van der Waals surface area contributed by atoms with Gasteiger partial charge in [-0.15, -0.1) is 11.3 Å². The molecule has 0 radical (unpaired) electrons. The summed E-state index contributed by atoms with van der Waals surface area (Å²) in [6.07, 6.45) is 0. The van der Waals surface area contributed by atoms with Gasteiger partial charge in [-0.05, 0) is 48.7 Å². The van der Waals surface area contributed by atoms with Gasteiger partial charge in [0.2, 0.25) is 5.78 Å². The molecule has 0 aliphatic heterocycles. The second-order valence-electron chi connectivity index (χ2n) is 6.20. The van der Waals surface area contributed by atoms with Crippen LogP contribution in [-0.2, 0) is 0 Å². The Labute approximate surface area is 161 Å². The Balaban J connectivity index is 1.84. The number of aromatic nitrogens is 2. The highest BCUT2D eigenvalue weighted by Gasteiger charge is 2.18. The Bertz CT molecular complexity index is 1060. The molecule has 0 N–H and O–H groups in total. The number of hydrogen-bond donors (Lipinski definition) is 0. The molecule has 4 nitrogen and oxygen atoms in total. The Kier molecular flexibility index (Phi) is 4.60. The topological polar surface area (TPSA) is 44.1 Å². The Morgan fingerprint density at radius 3 is 2.41 bits per heavy atom. The largest absolute Gasteiger partial charge is 0.497 e. The Morgan fingerprint density at radius 2 is 1.78 bits per heavy atom. The van der Waals surface area contributed by atoms with Gasteiger partial charge in [0.1, 0.15) is 11.4 Å². The van der Waals surface area contributed by atoms with E-state index in [-0.39, 0.29) is 5.78 Å². The van der Waals surface area contributed by atoms with E-state index in [0.717, 1.165) is 22.7 Å². The summed E-state index contributed by atoms with van der Waals surface area (Å²) in [5.74, 6) is 0.711. The predicted molar refractivity (Wildman–Crippen MR) is 108 cm³/mol. The van der Waals surface area contributed by atoms with Crippen molar-refractivity contribution in [3.63, 3.8) is 0 Å². The number of hydrogen-bond acceptors (Lipinski definition) is 4. The monoisotopic (exact) mass is 374 g/mol. The van der Waals surface area contributed by atoms with Gasteiger partial charge in [0.25, 0.3) is 0 Å². The minimum atomic E-state index is -0.0642. The van der Waals surface area contributed by atoms with E-state index in [4.69, 9.17) is 4.74 Å². The summed E-state index contributed by atoms with van der Waals surface area (Å²) in [5.41, 5.74) is 4.37. The molecule has 0 unspecified atom stereocenters. The minimum absolute atomic E-state index is 0.0642. The summed E-state index contributed by atoms with van der Waals surface area (Å²) in [7, 11) is 1.64. The van der Waals surface area contributed by atoms with Gasteiger partial charge in [0.15, 0.2) is 0 Å². The van der Waals surface area contributed by atoms with E-state index < -0.39 is 0 Å². The van der Waals surface area contributed by atoms with E-state index in [9.17, 15) is 4.79 Å². The normalized spacial score (nSPS) is 10.7. The standard InChI is InChI=1S/C22H18N2O2S/c1-15-5-7-16(8-6-15)20-14-19(22(25)21-4-3-13-27-21)23-24(20)17-9-11-18(26-2)12-10-17/h3-14H,1-2H3. The third kappa shape index (κ3) is 3.41. The van der Waals surface area contributed by atoms with Gasteiger partial charge >= 0.3 is 0 Å². The van der Waals surface area contributed by atoms with Crippen LogP contribution in [0, 0.1) is 6.92 Å². The summed E-state index contributed by atoms with van der Waals surface area (Å²) in [5, 5.41) is 6.52. The lowest BCUT2D eigenvalue weighted by molar-refractivity contribution is 0.103. The fraction of sp³-hybridized carbons (Fsp3) is 0.0909. The van der Waals surface area contributed by atoms with Crippen molar-refractivity contribution < 1.29 is 9.53 Å². The van der Waals surface area contributed by atoms with Crippen LogP contribution in [-0.4, -0.2) is 22.7 Å². The maximum atomic E-state index is 12.8. The van der Waals surface area contributed by atoms with Crippen LogP contribution in [0.5, 0.6) is 5.75 Å². The number of methoxy groups -OCH3 is 1. The number of aryl methyl sites for hydroxylation is 1. The predicted octanol–water partition coefficient (Wildman–Crippen LogP) is 5.15. The van der Waals surface area contributed by atoms with Gasteiger partial charge in [-0.1, -0.05) is 35.9 Å². The number of carbonyl (C=O) groups excluding carboxylic acids is 1. The van der Waals surface area contributed by atoms with Crippen molar-refractivity contribution in [2.75, 3.05) is 7.11 Å². The third-order valence-electron chi connectivity index (χ3n) is 4.35. The second-order valence-corrected chi connectivity index (χ2v) is 7.14. The molecule has 2 aromatic heterocycles. The zero-order chi connectivity index (χ0) is 18.8. The zero-order valence-electron chi connectivity index (χ0n) is 15.0. The lowest BCUT2D eigenvalue weighted by Gasteiger charge is -2.08. The van der Waals surface area contributed by atoms with E-state index in [1.54, 1.807) is 7.11 Å². The third-order valence-corrected chi connectivity index (χ3v) is 5.22. The number of carbonyl (C=O) groups is 1. The molecule has 0 aliphatic carbocycles. The maximum Gasteiger partial charge on any atom is 0.223 e. The summed E-state index contributed by atoms with van der Waals surface area (Å²) in [6, 6.07) is 21.4. The van der Waals surface area contributed by atoms with Crippen LogP contribution in [0.2, 0.25) is 0 Å². The van der Waals surface area contributed by atoms with Crippen molar-refractivity contribution in [1.82, 2.24) is 9.78 Å². The van der Waals surface area contributed by atoms with E-state index in [1.807, 2.05) is 64.7 Å². The lowest BCUT2D eigenvalue weighted by atomic mass is 10.1. The summed E-state index contributed by atoms with van der Waals surface area (Å²) in [4.78, 5) is 13.5. The van der Waals surface area contributed by atoms with Crippen LogP contribution in [0.25, 0.3) is 16.9 Å². The van der Waals surface area contributed by atoms with Gasteiger partial charge in [-0.25, -0.2) is 4.68 Å². The molecule has 0 saturated carbocycles. The molecule has 4 rings (SSSR count). The number of ether oxygens (including phenoxy) is 1. The Hall–Kier alpha value is -3.18. The molecule has 0 bridgehead atoms. The average Bonchev–Trinajstić information content (AvgIpc) is 3.38. The highest BCUT2D eigenvalue weighted by atomic mass is 32.1. The van der Waals surface area contributed by atoms with Crippen LogP contribution in [0.3, 0.4) is 0 Å². The van der Waals surface area contributed by atoms with Crippen molar-refractivity contribution in [2.45, 2.75) is 6.92 Å². The molecule has 0 atom stereocenters. The number of benzene rings is 2. The fourth-order valence-electron chi connectivity index (χ4n) is 2.88. The van der Waals surface area contributed by atoms with Crippen LogP contribution in [0.15, 0.2) is 72.1 Å². The van der Waals surface area contributed by atoms with Gasteiger partial charge in [-0.3, -0.25) is 4.79 Å². The number of nitrogens with zero attached hydrogens (tertiary/aromatic N) is 2. The second kappa shape index (κ2) is 7.21. The molecule has 0 spiro atoms. The highest BCUT2D eigenvalue weighted by molar-refractivity contribution is 7.12. The first kappa shape index (κ1) is 17.2. The van der Waals surface area contributed by atoms with Crippen LogP contribution in [0.4, 0.5) is 0 Å². The summed E-state index contributed by atoms with van der Waals surface area (Å²) < 4.78 is 7.05. The van der Waals surface area contributed by atoms with Gasteiger partial charge in [0, 0.05) is 5.56 Å². The molecule has 2 aromatic carbocycles. The molecular weight excluding hydrogens is 356 g/mol. The average molecular weight is 374 g/mol. The highest BCUT2D eigenvalue weighted by Crippen LogP contribution is 2.27. The van der Waals surface area contributed by atoms with Gasteiger partial charge in [-0.2, -0.15) is 5.10 Å². The quantitative estimate of drug-likeness (QED) is 0.454. The van der Waals surface area contributed by atoms with Crippen molar-refractivity contribution in [1.29, 1.82) is 0 Å². The zero-order valence-corrected chi connectivity index (χ0v) is 15.9. The van der Waals surface area contributed by atoms with Gasteiger partial charge < -0.3 is 4.74 Å². The smallest absolute Gasteiger partial charge is 0.223 e. The lowest BCUT2D eigenvalue weighted by Crippen LogP contribution is -2.03. The molecule has 0 saturated heterocycles. The van der Waals surface area contributed by atoms with Crippen molar-refractivity contribution in [3.8, 4) is 22.7 Å².